The zero-order valence-electron chi connectivity index (χ0n) is 11.6. The second-order valence-electron chi connectivity index (χ2n) is 3.93. The lowest BCUT2D eigenvalue weighted by molar-refractivity contribution is -0.136. The summed E-state index contributed by atoms with van der Waals surface area (Å²) in [5, 5.41) is 11.1. The van der Waals surface area contributed by atoms with Crippen LogP contribution in [0, 0.1) is 0 Å². The monoisotopic (exact) mass is 281 g/mol. The van der Waals surface area contributed by atoms with Crippen LogP contribution >= 0.6 is 0 Å². The van der Waals surface area contributed by atoms with Crippen LogP contribution in [-0.4, -0.2) is 36.7 Å². The van der Waals surface area contributed by atoms with Crippen molar-refractivity contribution in [2.24, 2.45) is 0 Å². The van der Waals surface area contributed by atoms with E-state index in [1.165, 1.54) is 0 Å². The van der Waals surface area contributed by atoms with Crippen LogP contribution in [0.15, 0.2) is 18.2 Å². The van der Waals surface area contributed by atoms with Gasteiger partial charge in [0.05, 0.1) is 19.6 Å². The molecular formula is C14H19NO5. The summed E-state index contributed by atoms with van der Waals surface area (Å²) in [6.07, 6.45) is -0.110. The molecule has 0 fully saturated rings. The molecule has 6 nitrogen and oxygen atoms in total. The fourth-order valence-corrected chi connectivity index (χ4v) is 1.58. The van der Waals surface area contributed by atoms with E-state index in [0.29, 0.717) is 30.3 Å². The van der Waals surface area contributed by atoms with Crippen molar-refractivity contribution in [1.29, 1.82) is 0 Å². The molecule has 0 saturated carbocycles. The first-order valence-corrected chi connectivity index (χ1v) is 6.48. The molecule has 0 aliphatic heterocycles. The maximum atomic E-state index is 11.9. The van der Waals surface area contributed by atoms with Gasteiger partial charge in [0.25, 0.3) is 5.91 Å². The summed E-state index contributed by atoms with van der Waals surface area (Å²) in [7, 11) is 0. The van der Waals surface area contributed by atoms with Crippen molar-refractivity contribution in [2.45, 2.75) is 20.3 Å². The SMILES string of the molecule is CCOc1ccc(C(=O)NCCC(=O)O)cc1OCC. The Bertz CT molecular complexity index is 473. The largest absolute Gasteiger partial charge is 0.490 e. The van der Waals surface area contributed by atoms with E-state index in [1.54, 1.807) is 18.2 Å². The van der Waals surface area contributed by atoms with E-state index in [0.717, 1.165) is 0 Å². The topological polar surface area (TPSA) is 84.9 Å². The second kappa shape index (κ2) is 8.04. The summed E-state index contributed by atoms with van der Waals surface area (Å²) in [5.41, 5.74) is 0.405. The number of carbonyl (C=O) groups excluding carboxylic acids is 1. The Labute approximate surface area is 117 Å². The Morgan fingerprint density at radius 1 is 1.15 bits per heavy atom. The van der Waals surface area contributed by atoms with Gasteiger partial charge in [-0.1, -0.05) is 0 Å². The summed E-state index contributed by atoms with van der Waals surface area (Å²) in [6, 6.07) is 4.87. The van der Waals surface area contributed by atoms with Crippen LogP contribution in [0.4, 0.5) is 0 Å². The van der Waals surface area contributed by atoms with Crippen molar-refractivity contribution in [3.8, 4) is 11.5 Å². The normalized spacial score (nSPS) is 9.90. The molecular weight excluding hydrogens is 262 g/mol. The van der Waals surface area contributed by atoms with Gasteiger partial charge in [-0.25, -0.2) is 0 Å². The van der Waals surface area contributed by atoms with Crippen LogP contribution in [0.3, 0.4) is 0 Å². The number of carboxylic acids is 1. The quantitative estimate of drug-likeness (QED) is 0.757. The highest BCUT2D eigenvalue weighted by Gasteiger charge is 2.11. The fraction of sp³-hybridized carbons (Fsp3) is 0.429. The van der Waals surface area contributed by atoms with Gasteiger partial charge >= 0.3 is 5.97 Å². The minimum absolute atomic E-state index is 0.0886. The molecule has 0 spiro atoms. The molecule has 1 rings (SSSR count). The van der Waals surface area contributed by atoms with Crippen LogP contribution < -0.4 is 14.8 Å². The molecule has 0 aliphatic carbocycles. The average Bonchev–Trinajstić information content (AvgIpc) is 2.40. The van der Waals surface area contributed by atoms with Gasteiger partial charge in [0, 0.05) is 12.1 Å². The van der Waals surface area contributed by atoms with Gasteiger partial charge in [0.15, 0.2) is 11.5 Å². The van der Waals surface area contributed by atoms with Gasteiger partial charge in [-0.15, -0.1) is 0 Å². The second-order valence-corrected chi connectivity index (χ2v) is 3.93. The zero-order chi connectivity index (χ0) is 15.0. The Hall–Kier alpha value is -2.24. The number of hydrogen-bond donors (Lipinski definition) is 2. The Balaban J connectivity index is 2.76. The first-order chi connectivity index (χ1) is 9.58. The number of amides is 1. The summed E-state index contributed by atoms with van der Waals surface area (Å²) >= 11 is 0. The van der Waals surface area contributed by atoms with Crippen LogP contribution in [0.2, 0.25) is 0 Å². The smallest absolute Gasteiger partial charge is 0.305 e. The Morgan fingerprint density at radius 2 is 1.80 bits per heavy atom. The molecule has 0 aromatic heterocycles. The summed E-state index contributed by atoms with van der Waals surface area (Å²) in [4.78, 5) is 22.2. The van der Waals surface area contributed by atoms with E-state index >= 15 is 0 Å². The van der Waals surface area contributed by atoms with Crippen LogP contribution in [-0.2, 0) is 4.79 Å². The first-order valence-electron chi connectivity index (χ1n) is 6.48. The van der Waals surface area contributed by atoms with Gasteiger partial charge in [-0.3, -0.25) is 9.59 Å². The lowest BCUT2D eigenvalue weighted by Gasteiger charge is -2.12. The molecule has 1 aromatic rings. The van der Waals surface area contributed by atoms with Gasteiger partial charge in [-0.05, 0) is 32.0 Å². The predicted molar refractivity (Wildman–Crippen MR) is 73.4 cm³/mol. The van der Waals surface area contributed by atoms with E-state index in [9.17, 15) is 9.59 Å². The van der Waals surface area contributed by atoms with Gasteiger partial charge in [-0.2, -0.15) is 0 Å². The number of aliphatic carboxylic acids is 1. The molecule has 110 valence electrons. The number of hydrogen-bond acceptors (Lipinski definition) is 4. The van der Waals surface area contributed by atoms with Gasteiger partial charge in [0.2, 0.25) is 0 Å². The lowest BCUT2D eigenvalue weighted by atomic mass is 10.2. The van der Waals surface area contributed by atoms with Gasteiger partial charge in [0.1, 0.15) is 0 Å². The zero-order valence-corrected chi connectivity index (χ0v) is 11.6. The summed E-state index contributed by atoms with van der Waals surface area (Å²) in [6.45, 7) is 4.76. The molecule has 20 heavy (non-hydrogen) atoms. The predicted octanol–water partition coefficient (Wildman–Crippen LogP) is 1.69. The molecule has 0 saturated heterocycles. The maximum absolute atomic E-state index is 11.9. The van der Waals surface area contributed by atoms with E-state index in [-0.39, 0.29) is 18.9 Å². The molecule has 2 N–H and O–H groups in total. The standard InChI is InChI=1S/C14H19NO5/c1-3-19-11-6-5-10(9-12(11)20-4-2)14(18)15-8-7-13(16)17/h5-6,9H,3-4,7-8H2,1-2H3,(H,15,18)(H,16,17). The summed E-state index contributed by atoms with van der Waals surface area (Å²) in [5.74, 6) is -0.209. The Morgan fingerprint density at radius 3 is 2.40 bits per heavy atom. The molecule has 6 heteroatoms. The van der Waals surface area contributed by atoms with E-state index in [1.807, 2.05) is 13.8 Å². The van der Waals surface area contributed by atoms with E-state index in [4.69, 9.17) is 14.6 Å². The fourth-order valence-electron chi connectivity index (χ4n) is 1.58. The molecule has 0 radical (unpaired) electrons. The third kappa shape index (κ3) is 4.79. The van der Waals surface area contributed by atoms with Crippen LogP contribution in [0.25, 0.3) is 0 Å². The number of rotatable bonds is 8. The van der Waals surface area contributed by atoms with Crippen LogP contribution in [0.1, 0.15) is 30.6 Å². The van der Waals surface area contributed by atoms with Crippen molar-refractivity contribution >= 4 is 11.9 Å². The first kappa shape index (κ1) is 15.8. The lowest BCUT2D eigenvalue weighted by Crippen LogP contribution is -2.26. The van der Waals surface area contributed by atoms with Crippen LogP contribution in [0.5, 0.6) is 11.5 Å². The van der Waals surface area contributed by atoms with E-state index in [2.05, 4.69) is 5.32 Å². The molecule has 0 atom stereocenters. The van der Waals surface area contributed by atoms with Crippen molar-refractivity contribution in [1.82, 2.24) is 5.32 Å². The third-order valence-corrected chi connectivity index (χ3v) is 2.43. The highest BCUT2D eigenvalue weighted by atomic mass is 16.5. The van der Waals surface area contributed by atoms with Crippen molar-refractivity contribution in [2.75, 3.05) is 19.8 Å². The molecule has 1 aromatic carbocycles. The molecule has 0 unspecified atom stereocenters. The number of ether oxygens (including phenoxy) is 2. The van der Waals surface area contributed by atoms with E-state index < -0.39 is 5.97 Å². The van der Waals surface area contributed by atoms with Gasteiger partial charge < -0.3 is 19.9 Å². The maximum Gasteiger partial charge on any atom is 0.305 e. The highest BCUT2D eigenvalue weighted by molar-refractivity contribution is 5.95. The van der Waals surface area contributed by atoms with Crippen molar-refractivity contribution in [3.05, 3.63) is 23.8 Å². The third-order valence-electron chi connectivity index (χ3n) is 2.43. The van der Waals surface area contributed by atoms with Crippen molar-refractivity contribution < 1.29 is 24.2 Å². The minimum Gasteiger partial charge on any atom is -0.490 e. The number of nitrogens with one attached hydrogen (secondary N) is 1. The Kier molecular flexibility index (Phi) is 6.36. The molecule has 0 heterocycles. The highest BCUT2D eigenvalue weighted by Crippen LogP contribution is 2.28. The molecule has 0 bridgehead atoms. The number of carboxylic acid groups (broad SMARTS) is 1. The van der Waals surface area contributed by atoms with Crippen molar-refractivity contribution in [3.63, 3.8) is 0 Å². The molecule has 1 amide bonds. The summed E-state index contributed by atoms with van der Waals surface area (Å²) < 4.78 is 10.8. The number of benzene rings is 1. The average molecular weight is 281 g/mol. The molecule has 0 aliphatic rings. The minimum atomic E-state index is -0.952. The number of carbonyl (C=O) groups is 2.